The number of amidine groups is 1. The molecule has 3 aromatic rings. The Balaban J connectivity index is 1.32. The van der Waals surface area contributed by atoms with Crippen LogP contribution in [0.25, 0.3) is 11.1 Å². The molecule has 200 valence electrons. The molecule has 1 saturated heterocycles. The second-order valence-electron chi connectivity index (χ2n) is 10.3. The lowest BCUT2D eigenvalue weighted by Crippen LogP contribution is -2.41. The van der Waals surface area contributed by atoms with Crippen molar-refractivity contribution in [1.29, 1.82) is 5.41 Å². The Hall–Kier alpha value is -4.46. The molecule has 1 amide bonds. The number of nitrogens with one attached hydrogen (secondary N) is 1. The number of fused-ring (bicyclic) bond motifs is 3. The highest BCUT2D eigenvalue weighted by Crippen LogP contribution is 2.40. The number of hydrogen-bond donors (Lipinski definition) is 2. The SMILES string of the molecule is COC(=O)[C@@]1(C)C[C@@H](COc2ccc3c(c2)C(=O)c2cc(C(=N)N)ccc2-3)N(CCCc2ccccc2)C1=O. The highest BCUT2D eigenvalue weighted by Gasteiger charge is 2.54. The first-order valence-corrected chi connectivity index (χ1v) is 13.0. The molecule has 3 aromatic carbocycles. The lowest BCUT2D eigenvalue weighted by atomic mass is 9.87. The number of carbonyl (C=O) groups is 3. The van der Waals surface area contributed by atoms with Crippen molar-refractivity contribution < 1.29 is 23.9 Å². The van der Waals surface area contributed by atoms with Crippen molar-refractivity contribution >= 4 is 23.5 Å². The summed E-state index contributed by atoms with van der Waals surface area (Å²) in [4.78, 5) is 40.8. The molecule has 0 bridgehead atoms. The maximum absolute atomic E-state index is 13.4. The molecule has 3 N–H and O–H groups in total. The summed E-state index contributed by atoms with van der Waals surface area (Å²) in [6, 6.07) is 20.3. The van der Waals surface area contributed by atoms with Crippen molar-refractivity contribution in [3.8, 4) is 16.9 Å². The number of nitrogens with two attached hydrogens (primary N) is 1. The second kappa shape index (κ2) is 10.4. The molecule has 1 aliphatic carbocycles. The van der Waals surface area contributed by atoms with Gasteiger partial charge in [-0.15, -0.1) is 0 Å². The molecule has 1 heterocycles. The van der Waals surface area contributed by atoms with Gasteiger partial charge in [0, 0.05) is 23.2 Å². The number of methoxy groups -OCH3 is 1. The number of ketones is 1. The Morgan fingerprint density at radius 2 is 1.72 bits per heavy atom. The van der Waals surface area contributed by atoms with Crippen LogP contribution in [0.2, 0.25) is 0 Å². The van der Waals surface area contributed by atoms with Gasteiger partial charge in [0.2, 0.25) is 5.91 Å². The van der Waals surface area contributed by atoms with Crippen molar-refractivity contribution in [2.75, 3.05) is 20.3 Å². The largest absolute Gasteiger partial charge is 0.491 e. The number of rotatable bonds is 9. The van der Waals surface area contributed by atoms with E-state index in [0.29, 0.717) is 29.0 Å². The van der Waals surface area contributed by atoms with Gasteiger partial charge in [0.05, 0.1) is 13.2 Å². The van der Waals surface area contributed by atoms with Gasteiger partial charge in [-0.25, -0.2) is 0 Å². The minimum Gasteiger partial charge on any atom is -0.491 e. The molecule has 5 rings (SSSR count). The molecule has 2 aliphatic rings. The molecule has 39 heavy (non-hydrogen) atoms. The van der Waals surface area contributed by atoms with E-state index in [1.54, 1.807) is 42.2 Å². The fraction of sp³-hybridized carbons (Fsp3) is 0.290. The monoisotopic (exact) mass is 525 g/mol. The number of aryl methyl sites for hydroxylation is 1. The van der Waals surface area contributed by atoms with E-state index in [2.05, 4.69) is 12.1 Å². The lowest BCUT2D eigenvalue weighted by Gasteiger charge is -2.25. The van der Waals surface area contributed by atoms with E-state index in [-0.39, 0.29) is 36.6 Å². The third-order valence-electron chi connectivity index (χ3n) is 7.70. The zero-order chi connectivity index (χ0) is 27.7. The number of nitrogen functional groups attached to an aromatic ring is 1. The van der Waals surface area contributed by atoms with E-state index < -0.39 is 11.4 Å². The van der Waals surface area contributed by atoms with Gasteiger partial charge in [0.15, 0.2) is 5.78 Å². The van der Waals surface area contributed by atoms with Crippen LogP contribution in [0, 0.1) is 10.8 Å². The number of amides is 1. The molecule has 1 aliphatic heterocycles. The van der Waals surface area contributed by atoms with Crippen molar-refractivity contribution in [3.63, 3.8) is 0 Å². The van der Waals surface area contributed by atoms with Gasteiger partial charge in [-0.1, -0.05) is 42.5 Å². The quantitative estimate of drug-likeness (QED) is 0.148. The number of benzene rings is 3. The summed E-state index contributed by atoms with van der Waals surface area (Å²) in [7, 11) is 1.30. The Morgan fingerprint density at radius 3 is 2.41 bits per heavy atom. The molecule has 0 aromatic heterocycles. The van der Waals surface area contributed by atoms with Crippen LogP contribution >= 0.6 is 0 Å². The molecular formula is C31H31N3O5. The second-order valence-corrected chi connectivity index (χ2v) is 10.3. The van der Waals surface area contributed by atoms with Crippen molar-refractivity contribution in [2.24, 2.45) is 11.1 Å². The number of esters is 1. The Labute approximate surface area is 227 Å². The van der Waals surface area contributed by atoms with Gasteiger partial charge in [0.1, 0.15) is 23.6 Å². The number of hydrogen-bond acceptors (Lipinski definition) is 6. The van der Waals surface area contributed by atoms with Crippen LogP contribution in [-0.4, -0.2) is 54.7 Å². The van der Waals surface area contributed by atoms with Crippen LogP contribution in [0.15, 0.2) is 66.7 Å². The summed E-state index contributed by atoms with van der Waals surface area (Å²) in [6.45, 7) is 2.30. The highest BCUT2D eigenvalue weighted by molar-refractivity contribution is 6.22. The summed E-state index contributed by atoms with van der Waals surface area (Å²) >= 11 is 0. The number of nitrogens with zero attached hydrogens (tertiary/aromatic N) is 1. The van der Waals surface area contributed by atoms with E-state index in [4.69, 9.17) is 20.6 Å². The molecule has 0 spiro atoms. The van der Waals surface area contributed by atoms with E-state index in [1.165, 1.54) is 12.7 Å². The van der Waals surface area contributed by atoms with Crippen LogP contribution in [0.4, 0.5) is 0 Å². The normalized spacial score (nSPS) is 19.5. The highest BCUT2D eigenvalue weighted by atomic mass is 16.5. The van der Waals surface area contributed by atoms with E-state index in [1.807, 2.05) is 24.3 Å². The predicted octanol–water partition coefficient (Wildman–Crippen LogP) is 3.97. The topological polar surface area (TPSA) is 123 Å². The number of carbonyl (C=O) groups excluding carboxylic acids is 3. The Morgan fingerprint density at radius 1 is 1.03 bits per heavy atom. The van der Waals surface area contributed by atoms with Crippen molar-refractivity contribution in [3.05, 3.63) is 89.0 Å². The molecule has 2 atom stereocenters. The maximum Gasteiger partial charge on any atom is 0.321 e. The fourth-order valence-corrected chi connectivity index (χ4v) is 5.59. The minimum atomic E-state index is -1.26. The van der Waals surface area contributed by atoms with Crippen molar-refractivity contribution in [1.82, 2.24) is 4.90 Å². The molecule has 8 nitrogen and oxygen atoms in total. The van der Waals surface area contributed by atoms with Crippen LogP contribution in [-0.2, 0) is 20.7 Å². The van der Waals surface area contributed by atoms with Gasteiger partial charge in [-0.05, 0) is 67.1 Å². The number of likely N-dealkylation sites (tertiary alicyclic amines) is 1. The zero-order valence-corrected chi connectivity index (χ0v) is 22.0. The van der Waals surface area contributed by atoms with Crippen molar-refractivity contribution in [2.45, 2.75) is 32.2 Å². The third kappa shape index (κ3) is 4.78. The van der Waals surface area contributed by atoms with Crippen LogP contribution < -0.4 is 10.5 Å². The Kier molecular flexibility index (Phi) is 6.95. The summed E-state index contributed by atoms with van der Waals surface area (Å²) in [5, 5.41) is 7.67. The van der Waals surface area contributed by atoms with E-state index in [9.17, 15) is 14.4 Å². The minimum absolute atomic E-state index is 0.0935. The van der Waals surface area contributed by atoms with E-state index >= 15 is 0 Å². The van der Waals surface area contributed by atoms with E-state index in [0.717, 1.165) is 24.0 Å². The molecule has 0 radical (unpaired) electrons. The van der Waals surface area contributed by atoms with Gasteiger partial charge in [0.25, 0.3) is 0 Å². The lowest BCUT2D eigenvalue weighted by molar-refractivity contribution is -0.157. The molecule has 0 unspecified atom stereocenters. The summed E-state index contributed by atoms with van der Waals surface area (Å²) in [5.41, 5.74) is 8.65. The van der Waals surface area contributed by atoms with Crippen LogP contribution in [0.1, 0.15) is 46.8 Å². The fourth-order valence-electron chi connectivity index (χ4n) is 5.59. The third-order valence-corrected chi connectivity index (χ3v) is 7.70. The summed E-state index contributed by atoms with van der Waals surface area (Å²) < 4.78 is 11.1. The Bertz CT molecular complexity index is 1470. The summed E-state index contributed by atoms with van der Waals surface area (Å²) in [5.74, 6) is -0.537. The molecule has 1 fully saturated rings. The first-order chi connectivity index (χ1) is 18.7. The standard InChI is InChI=1S/C31H31N3O5/c1-31(30(37)38-2)17-21(34(29(31)36)14-6-9-19-7-4-3-5-8-19)18-39-22-11-13-24-23-12-10-20(28(32)33)15-25(23)27(35)26(24)16-22/h3-5,7-8,10-13,15-16,21H,6,9,14,17-18H2,1-2H3,(H3,32,33)/t21-,31-/m0/s1. The van der Waals surface area contributed by atoms with Crippen LogP contribution in [0.5, 0.6) is 5.75 Å². The van der Waals surface area contributed by atoms with Crippen LogP contribution in [0.3, 0.4) is 0 Å². The molecule has 0 saturated carbocycles. The first kappa shape index (κ1) is 26.2. The van der Waals surface area contributed by atoms with Gasteiger partial charge in [-0.2, -0.15) is 0 Å². The average Bonchev–Trinajstić information content (AvgIpc) is 3.37. The smallest absolute Gasteiger partial charge is 0.321 e. The average molecular weight is 526 g/mol. The van der Waals surface area contributed by atoms with Gasteiger partial charge in [-0.3, -0.25) is 19.8 Å². The maximum atomic E-state index is 13.4. The predicted molar refractivity (Wildman–Crippen MR) is 147 cm³/mol. The van der Waals surface area contributed by atoms with Gasteiger partial charge < -0.3 is 20.1 Å². The first-order valence-electron chi connectivity index (χ1n) is 13.0. The molecular weight excluding hydrogens is 494 g/mol. The zero-order valence-electron chi connectivity index (χ0n) is 22.0. The molecule has 8 heteroatoms. The van der Waals surface area contributed by atoms with Gasteiger partial charge >= 0.3 is 5.97 Å². The number of ether oxygens (including phenoxy) is 2. The summed E-state index contributed by atoms with van der Waals surface area (Å²) in [6.07, 6.45) is 1.84.